The lowest BCUT2D eigenvalue weighted by Gasteiger charge is -2.57. The molecule has 9 heteroatoms. The van der Waals surface area contributed by atoms with E-state index in [1.54, 1.807) is 31.2 Å². The van der Waals surface area contributed by atoms with Crippen LogP contribution in [-0.4, -0.2) is 68.7 Å². The number of carbonyl (C=O) groups excluding carboxylic acids is 3. The van der Waals surface area contributed by atoms with E-state index in [9.17, 15) is 19.5 Å². The monoisotopic (exact) mass is 421 g/mol. The molecule has 0 radical (unpaired) electrons. The summed E-state index contributed by atoms with van der Waals surface area (Å²) in [5.74, 6) is -0.369. The Kier molecular flexibility index (Phi) is 5.82. The normalized spacial score (nSPS) is 28.8. The van der Waals surface area contributed by atoms with Gasteiger partial charge in [-0.2, -0.15) is 0 Å². The van der Waals surface area contributed by atoms with E-state index in [2.05, 4.69) is 10.6 Å². The first kappa shape index (κ1) is 21.4. The summed E-state index contributed by atoms with van der Waals surface area (Å²) in [5.41, 5.74) is -1.86. The summed E-state index contributed by atoms with van der Waals surface area (Å²) in [5, 5.41) is 15.8. The zero-order valence-corrected chi connectivity index (χ0v) is 17.8. The second-order valence-electron chi connectivity index (χ2n) is 8.59. The van der Waals surface area contributed by atoms with Crippen molar-refractivity contribution < 1.29 is 24.2 Å². The first-order chi connectivity index (χ1) is 13.5. The highest BCUT2D eigenvalue weighted by atomic mass is 32.2. The van der Waals surface area contributed by atoms with Gasteiger partial charge in [0.05, 0.1) is 0 Å². The molecule has 2 fully saturated rings. The standard InChI is InChI=1S/C20H27N3O5S/c1-19(2,3)22-16(25)15-20(4,27)11-29-18-14(17(26)23(15)18)21-13(24)10-28-12-8-6-5-7-9-12/h5-9,14-15,18,27H,10-11H2,1-4H3,(H,21,24)(H,22,25)/t14?,15?,18-,20?/m0/s1. The molecular formula is C20H27N3O5S. The summed E-state index contributed by atoms with van der Waals surface area (Å²) in [7, 11) is 0. The van der Waals surface area contributed by atoms with Crippen molar-refractivity contribution in [1.82, 2.24) is 15.5 Å². The number of rotatable bonds is 5. The number of para-hydroxylation sites is 1. The molecule has 0 saturated carbocycles. The largest absolute Gasteiger partial charge is 0.484 e. The van der Waals surface area contributed by atoms with E-state index in [1.807, 2.05) is 26.8 Å². The van der Waals surface area contributed by atoms with Gasteiger partial charge in [0.25, 0.3) is 5.91 Å². The van der Waals surface area contributed by atoms with E-state index in [0.717, 1.165) is 0 Å². The van der Waals surface area contributed by atoms with Crippen LogP contribution in [-0.2, 0) is 14.4 Å². The Morgan fingerprint density at radius 1 is 1.31 bits per heavy atom. The van der Waals surface area contributed by atoms with Gasteiger partial charge < -0.3 is 25.4 Å². The molecule has 8 nitrogen and oxygen atoms in total. The Bertz CT molecular complexity index is 793. The van der Waals surface area contributed by atoms with Crippen LogP contribution < -0.4 is 15.4 Å². The van der Waals surface area contributed by atoms with E-state index in [0.29, 0.717) is 5.75 Å². The van der Waals surface area contributed by atoms with Crippen molar-refractivity contribution in [2.75, 3.05) is 12.4 Å². The molecule has 3 N–H and O–H groups in total. The van der Waals surface area contributed by atoms with Gasteiger partial charge in [-0.25, -0.2) is 0 Å². The summed E-state index contributed by atoms with van der Waals surface area (Å²) in [6.45, 7) is 6.85. The zero-order valence-electron chi connectivity index (χ0n) is 17.0. The van der Waals surface area contributed by atoms with Gasteiger partial charge in [-0.15, -0.1) is 11.8 Å². The summed E-state index contributed by atoms with van der Waals surface area (Å²) in [6, 6.07) is 7.17. The number of nitrogens with one attached hydrogen (secondary N) is 2. The lowest BCUT2D eigenvalue weighted by molar-refractivity contribution is -0.167. The van der Waals surface area contributed by atoms with E-state index in [-0.39, 0.29) is 18.3 Å². The fraction of sp³-hybridized carbons (Fsp3) is 0.550. The number of benzene rings is 1. The van der Waals surface area contributed by atoms with Gasteiger partial charge in [0, 0.05) is 11.3 Å². The molecule has 2 aliphatic rings. The molecule has 3 unspecified atom stereocenters. The molecule has 0 aromatic heterocycles. The van der Waals surface area contributed by atoms with Crippen LogP contribution in [0.1, 0.15) is 27.7 Å². The second kappa shape index (κ2) is 7.87. The van der Waals surface area contributed by atoms with E-state index < -0.39 is 40.4 Å². The lowest BCUT2D eigenvalue weighted by Crippen LogP contribution is -2.80. The predicted octanol–water partition coefficient (Wildman–Crippen LogP) is 0.500. The van der Waals surface area contributed by atoms with Crippen molar-refractivity contribution in [3.63, 3.8) is 0 Å². The Labute approximate surface area is 174 Å². The van der Waals surface area contributed by atoms with Gasteiger partial charge in [-0.1, -0.05) is 18.2 Å². The molecule has 1 aromatic carbocycles. The molecule has 3 amide bonds. The summed E-state index contributed by atoms with van der Waals surface area (Å²) in [4.78, 5) is 39.1. The highest BCUT2D eigenvalue weighted by Gasteiger charge is 2.61. The second-order valence-corrected chi connectivity index (χ2v) is 9.70. The maximum absolute atomic E-state index is 12.8. The Morgan fingerprint density at radius 3 is 2.59 bits per heavy atom. The van der Waals surface area contributed by atoms with Crippen molar-refractivity contribution in [2.24, 2.45) is 0 Å². The van der Waals surface area contributed by atoms with Crippen LogP contribution in [0, 0.1) is 0 Å². The Balaban J connectivity index is 1.63. The number of hydrogen-bond acceptors (Lipinski definition) is 6. The van der Waals surface area contributed by atoms with Crippen LogP contribution in [0.2, 0.25) is 0 Å². The first-order valence-corrected chi connectivity index (χ1v) is 10.5. The van der Waals surface area contributed by atoms with Crippen molar-refractivity contribution in [3.05, 3.63) is 30.3 Å². The maximum atomic E-state index is 12.8. The Hall–Kier alpha value is -2.26. The number of ether oxygens (including phenoxy) is 1. The third kappa shape index (κ3) is 4.67. The quantitative estimate of drug-likeness (QED) is 0.598. The molecule has 29 heavy (non-hydrogen) atoms. The van der Waals surface area contributed by atoms with Crippen molar-refractivity contribution in [3.8, 4) is 5.75 Å². The predicted molar refractivity (Wildman–Crippen MR) is 109 cm³/mol. The number of carbonyl (C=O) groups is 3. The van der Waals surface area contributed by atoms with Crippen LogP contribution in [0.3, 0.4) is 0 Å². The van der Waals surface area contributed by atoms with E-state index >= 15 is 0 Å². The minimum atomic E-state index is -1.36. The summed E-state index contributed by atoms with van der Waals surface area (Å²) < 4.78 is 5.41. The van der Waals surface area contributed by atoms with E-state index in [4.69, 9.17) is 4.74 Å². The fourth-order valence-electron chi connectivity index (χ4n) is 3.43. The van der Waals surface area contributed by atoms with Gasteiger partial charge in [0.15, 0.2) is 6.61 Å². The molecule has 3 rings (SSSR count). The summed E-state index contributed by atoms with van der Waals surface area (Å²) in [6.07, 6.45) is 0. The molecule has 1 aromatic rings. The molecule has 4 atom stereocenters. The minimum Gasteiger partial charge on any atom is -0.484 e. The molecule has 2 aliphatic heterocycles. The molecule has 0 spiro atoms. The number of fused-ring (bicyclic) bond motifs is 1. The fourth-order valence-corrected chi connectivity index (χ4v) is 4.86. The molecular weight excluding hydrogens is 394 g/mol. The van der Waals surface area contributed by atoms with Crippen molar-refractivity contribution >= 4 is 29.5 Å². The van der Waals surface area contributed by atoms with Crippen LogP contribution >= 0.6 is 11.8 Å². The van der Waals surface area contributed by atoms with Gasteiger partial charge in [0.2, 0.25) is 11.8 Å². The third-order valence-electron chi connectivity index (χ3n) is 4.67. The smallest absolute Gasteiger partial charge is 0.258 e. The van der Waals surface area contributed by atoms with Crippen LogP contribution in [0.25, 0.3) is 0 Å². The molecule has 2 saturated heterocycles. The van der Waals surface area contributed by atoms with Crippen LogP contribution in [0.15, 0.2) is 30.3 Å². The highest BCUT2D eigenvalue weighted by Crippen LogP contribution is 2.42. The first-order valence-electron chi connectivity index (χ1n) is 9.45. The number of thioether (sulfide) groups is 1. The van der Waals surface area contributed by atoms with Crippen LogP contribution in [0.5, 0.6) is 5.75 Å². The SMILES string of the molecule is CC(C)(C)NC(=O)C1N2C(=O)C(NC(=O)COc3ccccc3)[C@@H]2SCC1(C)O. The van der Waals surface area contributed by atoms with Gasteiger partial charge in [-0.05, 0) is 39.8 Å². The molecule has 0 aliphatic carbocycles. The lowest BCUT2D eigenvalue weighted by atomic mass is 9.89. The van der Waals surface area contributed by atoms with Crippen molar-refractivity contribution in [2.45, 2.75) is 56.3 Å². The average molecular weight is 422 g/mol. The number of aliphatic hydroxyl groups is 1. The number of nitrogens with zero attached hydrogens (tertiary/aromatic N) is 1. The highest BCUT2D eigenvalue weighted by molar-refractivity contribution is 8.00. The maximum Gasteiger partial charge on any atom is 0.258 e. The minimum absolute atomic E-state index is 0.211. The Morgan fingerprint density at radius 2 is 1.97 bits per heavy atom. The van der Waals surface area contributed by atoms with Gasteiger partial charge in [-0.3, -0.25) is 14.4 Å². The number of amides is 3. The molecule has 158 valence electrons. The average Bonchev–Trinajstić information content (AvgIpc) is 2.63. The van der Waals surface area contributed by atoms with Crippen molar-refractivity contribution in [1.29, 1.82) is 0 Å². The van der Waals surface area contributed by atoms with E-state index in [1.165, 1.54) is 16.7 Å². The molecule has 0 bridgehead atoms. The van der Waals surface area contributed by atoms with Gasteiger partial charge >= 0.3 is 0 Å². The topological polar surface area (TPSA) is 108 Å². The number of β-lactam (4-membered cyclic amide) rings is 1. The third-order valence-corrected chi connectivity index (χ3v) is 6.26. The van der Waals surface area contributed by atoms with Crippen LogP contribution in [0.4, 0.5) is 0 Å². The number of hydrogen-bond donors (Lipinski definition) is 3. The summed E-state index contributed by atoms with van der Waals surface area (Å²) >= 11 is 1.35. The molecule has 2 heterocycles. The van der Waals surface area contributed by atoms with Gasteiger partial charge in [0.1, 0.15) is 28.8 Å². The zero-order chi connectivity index (χ0) is 21.4.